The molecule has 6 heteroatoms. The maximum Gasteiger partial charge on any atom is 0.311 e. The van der Waals surface area contributed by atoms with Crippen LogP contribution in [-0.4, -0.2) is 22.5 Å². The molecule has 1 aliphatic heterocycles. The van der Waals surface area contributed by atoms with E-state index in [9.17, 15) is 10.1 Å². The predicted octanol–water partition coefficient (Wildman–Crippen LogP) is 2.34. The number of aromatic nitrogens is 1. The molecule has 3 rings (SSSR count). The zero-order chi connectivity index (χ0) is 13.4. The summed E-state index contributed by atoms with van der Waals surface area (Å²) in [5.74, 6) is 1.56. The van der Waals surface area contributed by atoms with Crippen molar-refractivity contribution in [3.05, 3.63) is 22.2 Å². The van der Waals surface area contributed by atoms with E-state index in [-0.39, 0.29) is 11.5 Å². The fourth-order valence-corrected chi connectivity index (χ4v) is 3.51. The molecule has 0 spiro atoms. The van der Waals surface area contributed by atoms with Crippen LogP contribution in [0, 0.1) is 16.0 Å². The molecule has 2 atom stereocenters. The maximum absolute atomic E-state index is 10.8. The van der Waals surface area contributed by atoms with E-state index in [0.717, 1.165) is 18.3 Å². The highest BCUT2D eigenvalue weighted by Crippen LogP contribution is 2.39. The SMILES string of the molecule is Nc1nc(N2CCCC3CCCC32)ccc1[N+](=O)[O-]. The highest BCUT2D eigenvalue weighted by Gasteiger charge is 2.35. The number of fused-ring (bicyclic) bond motifs is 1. The molecule has 0 aromatic carbocycles. The average Bonchev–Trinajstić information content (AvgIpc) is 2.86. The van der Waals surface area contributed by atoms with E-state index in [1.807, 2.05) is 0 Å². The van der Waals surface area contributed by atoms with E-state index < -0.39 is 4.92 Å². The van der Waals surface area contributed by atoms with Crippen molar-refractivity contribution in [2.75, 3.05) is 17.2 Å². The Labute approximate surface area is 111 Å². The molecular weight excluding hydrogens is 244 g/mol. The third kappa shape index (κ3) is 2.11. The van der Waals surface area contributed by atoms with Crippen LogP contribution in [0.2, 0.25) is 0 Å². The third-order valence-corrected chi connectivity index (χ3v) is 4.37. The topological polar surface area (TPSA) is 85.3 Å². The summed E-state index contributed by atoms with van der Waals surface area (Å²) in [5, 5.41) is 10.8. The molecule has 1 saturated carbocycles. The second-order valence-electron chi connectivity index (χ2n) is 5.42. The summed E-state index contributed by atoms with van der Waals surface area (Å²) < 4.78 is 0. The van der Waals surface area contributed by atoms with Gasteiger partial charge in [0.25, 0.3) is 0 Å². The Morgan fingerprint density at radius 3 is 2.84 bits per heavy atom. The Hall–Kier alpha value is -1.85. The molecule has 2 heterocycles. The van der Waals surface area contributed by atoms with Gasteiger partial charge < -0.3 is 10.6 Å². The van der Waals surface area contributed by atoms with Gasteiger partial charge in [-0.25, -0.2) is 4.98 Å². The molecule has 1 aliphatic carbocycles. The van der Waals surface area contributed by atoms with Crippen LogP contribution in [0.1, 0.15) is 32.1 Å². The van der Waals surface area contributed by atoms with E-state index in [0.29, 0.717) is 6.04 Å². The zero-order valence-electron chi connectivity index (χ0n) is 10.8. The molecule has 1 aromatic rings. The van der Waals surface area contributed by atoms with Gasteiger partial charge in [0.2, 0.25) is 5.82 Å². The molecule has 102 valence electrons. The molecule has 0 radical (unpaired) electrons. The molecule has 2 unspecified atom stereocenters. The first-order chi connectivity index (χ1) is 9.16. The van der Waals surface area contributed by atoms with Crippen LogP contribution < -0.4 is 10.6 Å². The number of rotatable bonds is 2. The summed E-state index contributed by atoms with van der Waals surface area (Å²) in [7, 11) is 0. The first-order valence-corrected chi connectivity index (χ1v) is 6.84. The second kappa shape index (κ2) is 4.68. The molecular formula is C13H18N4O2. The fourth-order valence-electron chi connectivity index (χ4n) is 3.51. The van der Waals surface area contributed by atoms with E-state index in [4.69, 9.17) is 5.73 Å². The van der Waals surface area contributed by atoms with Gasteiger partial charge in [-0.1, -0.05) is 6.42 Å². The van der Waals surface area contributed by atoms with Gasteiger partial charge in [-0.2, -0.15) is 0 Å². The van der Waals surface area contributed by atoms with Gasteiger partial charge in [-0.3, -0.25) is 10.1 Å². The Kier molecular flexibility index (Phi) is 3.00. The lowest BCUT2D eigenvalue weighted by molar-refractivity contribution is -0.384. The lowest BCUT2D eigenvalue weighted by Crippen LogP contribution is -2.43. The minimum absolute atomic E-state index is 0.0163. The minimum Gasteiger partial charge on any atom is -0.378 e. The highest BCUT2D eigenvalue weighted by molar-refractivity contribution is 5.58. The summed E-state index contributed by atoms with van der Waals surface area (Å²) in [6.45, 7) is 0.978. The van der Waals surface area contributed by atoms with Gasteiger partial charge in [-0.15, -0.1) is 0 Å². The van der Waals surface area contributed by atoms with Gasteiger partial charge in [0, 0.05) is 18.7 Å². The van der Waals surface area contributed by atoms with Gasteiger partial charge in [0.1, 0.15) is 5.82 Å². The first kappa shape index (κ1) is 12.2. The van der Waals surface area contributed by atoms with Crippen molar-refractivity contribution >= 4 is 17.3 Å². The number of hydrogen-bond acceptors (Lipinski definition) is 5. The number of pyridine rings is 1. The molecule has 1 saturated heterocycles. The van der Waals surface area contributed by atoms with E-state index in [1.165, 1.54) is 38.2 Å². The van der Waals surface area contributed by atoms with E-state index in [2.05, 4.69) is 9.88 Å². The standard InChI is InChI=1S/C13H18N4O2/c14-13-11(17(18)19)6-7-12(15-13)16-8-2-4-9-3-1-5-10(9)16/h6-7,9-10H,1-5,8H2,(H2,14,15). The Bertz CT molecular complexity index is 505. The first-order valence-electron chi connectivity index (χ1n) is 6.84. The van der Waals surface area contributed by atoms with Crippen LogP contribution in [0.5, 0.6) is 0 Å². The summed E-state index contributed by atoms with van der Waals surface area (Å²) in [6.07, 6.45) is 6.23. The van der Waals surface area contributed by atoms with Crippen LogP contribution in [0.3, 0.4) is 0 Å². The normalized spacial score (nSPS) is 26.2. The molecule has 2 aliphatic rings. The number of nitrogens with zero attached hydrogens (tertiary/aromatic N) is 3. The number of nitro groups is 1. The monoisotopic (exact) mass is 262 g/mol. The number of anilines is 2. The zero-order valence-corrected chi connectivity index (χ0v) is 10.8. The maximum atomic E-state index is 10.8. The minimum atomic E-state index is -0.485. The predicted molar refractivity (Wildman–Crippen MR) is 73.0 cm³/mol. The fraction of sp³-hybridized carbons (Fsp3) is 0.615. The van der Waals surface area contributed by atoms with Crippen molar-refractivity contribution in [2.45, 2.75) is 38.1 Å². The van der Waals surface area contributed by atoms with Crippen molar-refractivity contribution in [3.63, 3.8) is 0 Å². The summed E-state index contributed by atoms with van der Waals surface area (Å²) in [6, 6.07) is 3.74. The van der Waals surface area contributed by atoms with Crippen LogP contribution in [-0.2, 0) is 0 Å². The number of nitrogen functional groups attached to an aromatic ring is 1. The second-order valence-corrected chi connectivity index (χ2v) is 5.42. The summed E-state index contributed by atoms with van der Waals surface area (Å²) in [5.41, 5.74) is 5.58. The number of piperidine rings is 1. The van der Waals surface area contributed by atoms with Crippen LogP contribution in [0.25, 0.3) is 0 Å². The molecule has 6 nitrogen and oxygen atoms in total. The van der Waals surface area contributed by atoms with Crippen molar-refractivity contribution in [3.8, 4) is 0 Å². The largest absolute Gasteiger partial charge is 0.378 e. The van der Waals surface area contributed by atoms with Crippen molar-refractivity contribution in [2.24, 2.45) is 5.92 Å². The molecule has 0 amide bonds. The van der Waals surface area contributed by atoms with Crippen molar-refractivity contribution in [1.29, 1.82) is 0 Å². The van der Waals surface area contributed by atoms with E-state index >= 15 is 0 Å². The third-order valence-electron chi connectivity index (χ3n) is 4.37. The van der Waals surface area contributed by atoms with Gasteiger partial charge in [0.15, 0.2) is 0 Å². The smallest absolute Gasteiger partial charge is 0.311 e. The molecule has 19 heavy (non-hydrogen) atoms. The highest BCUT2D eigenvalue weighted by atomic mass is 16.6. The lowest BCUT2D eigenvalue weighted by atomic mass is 9.92. The lowest BCUT2D eigenvalue weighted by Gasteiger charge is -2.38. The Morgan fingerprint density at radius 1 is 1.32 bits per heavy atom. The quantitative estimate of drug-likeness (QED) is 0.653. The Morgan fingerprint density at radius 2 is 2.11 bits per heavy atom. The number of nitrogens with two attached hydrogens (primary N) is 1. The molecule has 0 bridgehead atoms. The average molecular weight is 262 g/mol. The van der Waals surface area contributed by atoms with Crippen LogP contribution >= 0.6 is 0 Å². The van der Waals surface area contributed by atoms with Crippen molar-refractivity contribution < 1.29 is 4.92 Å². The Balaban J connectivity index is 1.89. The molecule has 2 N–H and O–H groups in total. The van der Waals surface area contributed by atoms with Gasteiger partial charge in [-0.05, 0) is 37.7 Å². The van der Waals surface area contributed by atoms with Gasteiger partial charge in [0.05, 0.1) is 4.92 Å². The molecule has 2 fully saturated rings. The molecule has 1 aromatic heterocycles. The summed E-state index contributed by atoms with van der Waals surface area (Å²) >= 11 is 0. The van der Waals surface area contributed by atoms with E-state index in [1.54, 1.807) is 6.07 Å². The van der Waals surface area contributed by atoms with Crippen LogP contribution in [0.4, 0.5) is 17.3 Å². The van der Waals surface area contributed by atoms with Crippen LogP contribution in [0.15, 0.2) is 12.1 Å². The summed E-state index contributed by atoms with van der Waals surface area (Å²) in [4.78, 5) is 16.8. The number of hydrogen-bond donors (Lipinski definition) is 1. The van der Waals surface area contributed by atoms with Crippen molar-refractivity contribution in [1.82, 2.24) is 4.98 Å². The van der Waals surface area contributed by atoms with Gasteiger partial charge >= 0.3 is 5.69 Å².